The summed E-state index contributed by atoms with van der Waals surface area (Å²) in [5.41, 5.74) is 1.62. The van der Waals surface area contributed by atoms with Crippen molar-refractivity contribution in [2.75, 3.05) is 12.4 Å². The number of aromatic nitrogens is 2. The van der Waals surface area contributed by atoms with Gasteiger partial charge in [-0.25, -0.2) is 4.63 Å². The lowest BCUT2D eigenvalue weighted by Gasteiger charge is -2.04. The van der Waals surface area contributed by atoms with Gasteiger partial charge in [-0.3, -0.25) is 9.59 Å². The predicted octanol–water partition coefficient (Wildman–Crippen LogP) is 0.990. The van der Waals surface area contributed by atoms with Crippen LogP contribution in [0.4, 0.5) is 5.69 Å². The molecule has 1 aromatic carbocycles. The van der Waals surface area contributed by atoms with E-state index in [1.807, 2.05) is 0 Å². The molecule has 0 saturated heterocycles. The van der Waals surface area contributed by atoms with Crippen LogP contribution in [0.15, 0.2) is 28.9 Å². The summed E-state index contributed by atoms with van der Waals surface area (Å²) >= 11 is 0. The topological polar surface area (TPSA) is 97.1 Å². The monoisotopic (exact) mass is 260 g/mol. The zero-order chi connectivity index (χ0) is 13.8. The molecule has 0 unspecified atom stereocenters. The van der Waals surface area contributed by atoms with Crippen LogP contribution in [0.3, 0.4) is 0 Å². The van der Waals surface area contributed by atoms with Crippen molar-refractivity contribution in [3.63, 3.8) is 0 Å². The van der Waals surface area contributed by atoms with E-state index < -0.39 is 5.91 Å². The molecule has 7 nitrogen and oxygen atoms in total. The number of nitrogens with one attached hydrogen (secondary N) is 2. The summed E-state index contributed by atoms with van der Waals surface area (Å²) in [6, 6.07) is 6.49. The molecule has 0 saturated carbocycles. The summed E-state index contributed by atoms with van der Waals surface area (Å²) < 4.78 is 4.46. The molecule has 0 aliphatic carbocycles. The van der Waals surface area contributed by atoms with Crippen molar-refractivity contribution in [2.45, 2.75) is 6.92 Å². The molecule has 2 N–H and O–H groups in total. The SMILES string of the molecule is CNC(=O)c1ccc(NC(=O)c2nonc2C)cc1. The molecule has 1 aromatic heterocycles. The molecule has 0 aliphatic heterocycles. The van der Waals surface area contributed by atoms with Crippen molar-refractivity contribution < 1.29 is 14.2 Å². The van der Waals surface area contributed by atoms with Crippen LogP contribution in [-0.4, -0.2) is 29.2 Å². The van der Waals surface area contributed by atoms with E-state index in [1.165, 1.54) is 0 Å². The number of carbonyl (C=O) groups is 2. The molecule has 1 heterocycles. The number of amides is 2. The first-order chi connectivity index (χ1) is 9.11. The van der Waals surface area contributed by atoms with Gasteiger partial charge in [-0.1, -0.05) is 5.16 Å². The standard InChI is InChI=1S/C12H12N4O3/c1-7-10(16-19-15-7)12(18)14-9-5-3-8(4-6-9)11(17)13-2/h3-6H,1-2H3,(H,13,17)(H,14,18). The van der Waals surface area contributed by atoms with E-state index in [9.17, 15) is 9.59 Å². The third-order valence-corrected chi connectivity index (χ3v) is 2.50. The molecule has 0 aliphatic rings. The fourth-order valence-corrected chi connectivity index (χ4v) is 1.48. The van der Waals surface area contributed by atoms with Gasteiger partial charge in [-0.05, 0) is 36.3 Å². The van der Waals surface area contributed by atoms with Gasteiger partial charge in [0.05, 0.1) is 0 Å². The highest BCUT2D eigenvalue weighted by atomic mass is 16.6. The molecule has 19 heavy (non-hydrogen) atoms. The number of anilines is 1. The van der Waals surface area contributed by atoms with Gasteiger partial charge in [-0.2, -0.15) is 0 Å². The smallest absolute Gasteiger partial charge is 0.279 e. The summed E-state index contributed by atoms with van der Waals surface area (Å²) in [6.45, 7) is 1.63. The Morgan fingerprint density at radius 3 is 2.32 bits per heavy atom. The predicted molar refractivity (Wildman–Crippen MR) is 66.8 cm³/mol. The number of hydrogen-bond acceptors (Lipinski definition) is 5. The van der Waals surface area contributed by atoms with Crippen molar-refractivity contribution >= 4 is 17.5 Å². The first kappa shape index (κ1) is 12.7. The maximum absolute atomic E-state index is 11.8. The van der Waals surface area contributed by atoms with E-state index in [1.54, 1.807) is 38.2 Å². The van der Waals surface area contributed by atoms with Crippen molar-refractivity contribution in [2.24, 2.45) is 0 Å². The van der Waals surface area contributed by atoms with Gasteiger partial charge >= 0.3 is 0 Å². The van der Waals surface area contributed by atoms with Crippen LogP contribution in [0.25, 0.3) is 0 Å². The second kappa shape index (κ2) is 5.30. The Balaban J connectivity index is 2.10. The molecule has 2 rings (SSSR count). The molecule has 0 fully saturated rings. The summed E-state index contributed by atoms with van der Waals surface area (Å²) in [5, 5.41) is 12.2. The van der Waals surface area contributed by atoms with Crippen molar-refractivity contribution in [1.29, 1.82) is 0 Å². The molecular weight excluding hydrogens is 248 g/mol. The molecule has 0 atom stereocenters. The normalized spacial score (nSPS) is 10.0. The number of hydrogen-bond donors (Lipinski definition) is 2. The minimum absolute atomic E-state index is 0.135. The highest BCUT2D eigenvalue weighted by molar-refractivity contribution is 6.03. The second-order valence-corrected chi connectivity index (χ2v) is 3.81. The number of carbonyl (C=O) groups excluding carboxylic acids is 2. The molecule has 7 heteroatoms. The van der Waals surface area contributed by atoms with Crippen LogP contribution in [0.5, 0.6) is 0 Å². The fourth-order valence-electron chi connectivity index (χ4n) is 1.48. The lowest BCUT2D eigenvalue weighted by Crippen LogP contribution is -2.18. The largest absolute Gasteiger partial charge is 0.355 e. The van der Waals surface area contributed by atoms with E-state index in [0.29, 0.717) is 16.9 Å². The van der Waals surface area contributed by atoms with Crippen LogP contribution < -0.4 is 10.6 Å². The van der Waals surface area contributed by atoms with Crippen LogP contribution >= 0.6 is 0 Å². The van der Waals surface area contributed by atoms with Gasteiger partial charge in [-0.15, -0.1) is 0 Å². The average Bonchev–Trinajstić information content (AvgIpc) is 2.85. The molecular formula is C12H12N4O3. The van der Waals surface area contributed by atoms with Crippen molar-refractivity contribution in [1.82, 2.24) is 15.6 Å². The van der Waals surface area contributed by atoms with Gasteiger partial charge < -0.3 is 10.6 Å². The van der Waals surface area contributed by atoms with Gasteiger partial charge in [0.2, 0.25) is 0 Å². The van der Waals surface area contributed by atoms with E-state index in [2.05, 4.69) is 25.6 Å². The Labute approximate surface area is 109 Å². The lowest BCUT2D eigenvalue weighted by atomic mass is 10.2. The lowest BCUT2D eigenvalue weighted by molar-refractivity contribution is 0.0962. The Bertz CT molecular complexity index is 604. The number of aryl methyl sites for hydroxylation is 1. The molecule has 0 spiro atoms. The maximum Gasteiger partial charge on any atom is 0.279 e. The van der Waals surface area contributed by atoms with E-state index in [4.69, 9.17) is 0 Å². The number of rotatable bonds is 3. The summed E-state index contributed by atoms with van der Waals surface area (Å²) in [7, 11) is 1.55. The summed E-state index contributed by atoms with van der Waals surface area (Å²) in [4.78, 5) is 23.2. The van der Waals surface area contributed by atoms with Gasteiger partial charge in [0.25, 0.3) is 11.8 Å². The van der Waals surface area contributed by atoms with Gasteiger partial charge in [0.15, 0.2) is 5.69 Å². The second-order valence-electron chi connectivity index (χ2n) is 3.81. The number of benzene rings is 1. The zero-order valence-corrected chi connectivity index (χ0v) is 10.4. The van der Waals surface area contributed by atoms with Crippen LogP contribution in [0, 0.1) is 6.92 Å². The summed E-state index contributed by atoms with van der Waals surface area (Å²) in [6.07, 6.45) is 0. The Kier molecular flexibility index (Phi) is 3.56. The maximum atomic E-state index is 11.8. The van der Waals surface area contributed by atoms with Crippen LogP contribution in [0.2, 0.25) is 0 Å². The van der Waals surface area contributed by atoms with Crippen molar-refractivity contribution in [3.8, 4) is 0 Å². The highest BCUT2D eigenvalue weighted by Gasteiger charge is 2.15. The summed E-state index contributed by atoms with van der Waals surface area (Å²) in [5.74, 6) is -0.596. The Morgan fingerprint density at radius 2 is 1.79 bits per heavy atom. The number of nitrogens with zero attached hydrogens (tertiary/aromatic N) is 2. The zero-order valence-electron chi connectivity index (χ0n) is 10.4. The van der Waals surface area contributed by atoms with Crippen LogP contribution in [0.1, 0.15) is 26.5 Å². The fraction of sp³-hybridized carbons (Fsp3) is 0.167. The van der Waals surface area contributed by atoms with E-state index >= 15 is 0 Å². The Morgan fingerprint density at radius 1 is 1.11 bits per heavy atom. The quantitative estimate of drug-likeness (QED) is 0.857. The average molecular weight is 260 g/mol. The van der Waals surface area contributed by atoms with Crippen LogP contribution in [-0.2, 0) is 0 Å². The van der Waals surface area contributed by atoms with E-state index in [0.717, 1.165) is 0 Å². The van der Waals surface area contributed by atoms with E-state index in [-0.39, 0.29) is 11.6 Å². The minimum atomic E-state index is -0.411. The molecule has 98 valence electrons. The van der Waals surface area contributed by atoms with Gasteiger partial charge in [0.1, 0.15) is 5.69 Å². The molecule has 2 amide bonds. The minimum Gasteiger partial charge on any atom is -0.355 e. The third kappa shape index (κ3) is 2.76. The Hall–Kier alpha value is -2.70. The van der Waals surface area contributed by atoms with Crippen molar-refractivity contribution in [3.05, 3.63) is 41.2 Å². The first-order valence-corrected chi connectivity index (χ1v) is 5.54. The van der Waals surface area contributed by atoms with Gasteiger partial charge in [0, 0.05) is 18.3 Å². The molecule has 0 bridgehead atoms. The third-order valence-electron chi connectivity index (χ3n) is 2.50. The highest BCUT2D eigenvalue weighted by Crippen LogP contribution is 2.11. The molecule has 0 radical (unpaired) electrons. The first-order valence-electron chi connectivity index (χ1n) is 5.54. The molecule has 2 aromatic rings.